The monoisotopic (exact) mass is 412 g/mol. The molecular formula is C15H20ClF3N4O4. The zero-order valence-electron chi connectivity index (χ0n) is 14.4. The number of amides is 1. The second-order valence-corrected chi connectivity index (χ2v) is 5.70. The minimum atomic E-state index is -4.50. The average molecular weight is 413 g/mol. The number of carbonyl (C=O) groups excluding carboxylic acids is 1. The van der Waals surface area contributed by atoms with Gasteiger partial charge in [0.25, 0.3) is 5.91 Å². The number of methoxy groups -OCH3 is 1. The van der Waals surface area contributed by atoms with Crippen LogP contribution in [0, 0.1) is 10.1 Å². The van der Waals surface area contributed by atoms with E-state index in [1.54, 1.807) is 0 Å². The molecule has 1 aromatic rings. The fourth-order valence-electron chi connectivity index (χ4n) is 2.71. The van der Waals surface area contributed by atoms with Crippen LogP contribution in [-0.4, -0.2) is 67.8 Å². The standard InChI is InChI=1S/C15H19F3N4O4.ClH/c1-26-12-3-2-10(8-11(12)22(24)25)14(23)20-9-13(15(16,17)18)21-6-4-19-5-7-21;/h2-3,8,13,19H,4-7,9H2,1H3,(H,20,23);1H. The molecule has 1 heterocycles. The molecule has 0 spiro atoms. The topological polar surface area (TPSA) is 96.7 Å². The van der Waals surface area contributed by atoms with Gasteiger partial charge in [0.05, 0.1) is 12.0 Å². The lowest BCUT2D eigenvalue weighted by Crippen LogP contribution is -2.57. The van der Waals surface area contributed by atoms with Crippen molar-refractivity contribution in [3.8, 4) is 5.75 Å². The molecule has 2 rings (SSSR count). The summed E-state index contributed by atoms with van der Waals surface area (Å²) in [5.74, 6) is -0.860. The fraction of sp³-hybridized carbons (Fsp3) is 0.533. The van der Waals surface area contributed by atoms with Gasteiger partial charge in [-0.3, -0.25) is 19.8 Å². The van der Waals surface area contributed by atoms with Crippen molar-refractivity contribution in [3.05, 3.63) is 33.9 Å². The van der Waals surface area contributed by atoms with Crippen molar-refractivity contribution in [1.82, 2.24) is 15.5 Å². The predicted octanol–water partition coefficient (Wildman–Crippen LogP) is 1.59. The molecule has 8 nitrogen and oxygen atoms in total. The van der Waals surface area contributed by atoms with E-state index in [1.165, 1.54) is 24.1 Å². The van der Waals surface area contributed by atoms with E-state index in [0.717, 1.165) is 6.07 Å². The first-order valence-corrected chi connectivity index (χ1v) is 7.86. The number of benzene rings is 1. The number of ether oxygens (including phenoxy) is 1. The Morgan fingerprint density at radius 1 is 1.41 bits per heavy atom. The maximum absolute atomic E-state index is 13.3. The molecular weight excluding hydrogens is 393 g/mol. The van der Waals surface area contributed by atoms with E-state index in [1.807, 2.05) is 0 Å². The molecule has 12 heteroatoms. The van der Waals surface area contributed by atoms with Crippen molar-refractivity contribution in [1.29, 1.82) is 0 Å². The molecule has 0 aromatic heterocycles. The highest BCUT2D eigenvalue weighted by Crippen LogP contribution is 2.28. The van der Waals surface area contributed by atoms with Crippen LogP contribution in [0.15, 0.2) is 18.2 Å². The van der Waals surface area contributed by atoms with Crippen LogP contribution in [0.25, 0.3) is 0 Å². The number of nitro groups is 1. The van der Waals surface area contributed by atoms with Crippen LogP contribution in [0.1, 0.15) is 10.4 Å². The molecule has 27 heavy (non-hydrogen) atoms. The quantitative estimate of drug-likeness (QED) is 0.544. The molecule has 2 N–H and O–H groups in total. The smallest absolute Gasteiger partial charge is 0.405 e. The second kappa shape index (κ2) is 9.72. The molecule has 1 fully saturated rings. The molecule has 1 unspecified atom stereocenters. The third-order valence-corrected chi connectivity index (χ3v) is 4.06. The highest BCUT2D eigenvalue weighted by atomic mass is 35.5. The minimum absolute atomic E-state index is 0. The molecule has 1 aromatic carbocycles. The van der Waals surface area contributed by atoms with Crippen LogP contribution in [0.2, 0.25) is 0 Å². The summed E-state index contributed by atoms with van der Waals surface area (Å²) in [6.45, 7) is 0.667. The van der Waals surface area contributed by atoms with Crippen molar-refractivity contribution in [2.45, 2.75) is 12.2 Å². The summed E-state index contributed by atoms with van der Waals surface area (Å²) in [7, 11) is 1.24. The zero-order valence-corrected chi connectivity index (χ0v) is 15.2. The zero-order chi connectivity index (χ0) is 19.3. The summed E-state index contributed by atoms with van der Waals surface area (Å²) in [5, 5.41) is 16.2. The third kappa shape index (κ3) is 5.94. The van der Waals surface area contributed by atoms with Crippen LogP contribution >= 0.6 is 12.4 Å². The van der Waals surface area contributed by atoms with Crippen LogP contribution in [0.3, 0.4) is 0 Å². The van der Waals surface area contributed by atoms with E-state index >= 15 is 0 Å². The Morgan fingerprint density at radius 3 is 2.56 bits per heavy atom. The number of piperazine rings is 1. The van der Waals surface area contributed by atoms with Crippen LogP contribution < -0.4 is 15.4 Å². The summed E-state index contributed by atoms with van der Waals surface area (Å²) in [6, 6.07) is 1.64. The van der Waals surface area contributed by atoms with Gasteiger partial charge < -0.3 is 15.4 Å². The van der Waals surface area contributed by atoms with Crippen LogP contribution in [0.4, 0.5) is 18.9 Å². The molecule has 0 bridgehead atoms. The fourth-order valence-corrected chi connectivity index (χ4v) is 2.71. The van der Waals surface area contributed by atoms with Crippen molar-refractivity contribution >= 4 is 24.0 Å². The van der Waals surface area contributed by atoms with E-state index in [2.05, 4.69) is 10.6 Å². The number of nitrogens with one attached hydrogen (secondary N) is 2. The Kier molecular flexibility index (Phi) is 8.25. The molecule has 1 aliphatic heterocycles. The Labute approximate surface area is 159 Å². The van der Waals surface area contributed by atoms with E-state index in [4.69, 9.17) is 4.74 Å². The number of carbonyl (C=O) groups is 1. The van der Waals surface area contributed by atoms with Gasteiger partial charge >= 0.3 is 11.9 Å². The summed E-state index contributed by atoms with van der Waals surface area (Å²) in [4.78, 5) is 23.7. The largest absolute Gasteiger partial charge is 0.490 e. The summed E-state index contributed by atoms with van der Waals surface area (Å²) in [5.41, 5.74) is -0.548. The Hall–Kier alpha value is -2.11. The van der Waals surface area contributed by atoms with E-state index in [0.29, 0.717) is 13.1 Å². The summed E-state index contributed by atoms with van der Waals surface area (Å²) < 4.78 is 44.7. The molecule has 1 saturated heterocycles. The van der Waals surface area contributed by atoms with Gasteiger partial charge in [0.2, 0.25) is 0 Å². The van der Waals surface area contributed by atoms with Gasteiger partial charge in [-0.1, -0.05) is 0 Å². The average Bonchev–Trinajstić information content (AvgIpc) is 2.60. The number of halogens is 4. The predicted molar refractivity (Wildman–Crippen MR) is 93.5 cm³/mol. The summed E-state index contributed by atoms with van der Waals surface area (Å²) >= 11 is 0. The lowest BCUT2D eigenvalue weighted by atomic mass is 10.1. The lowest BCUT2D eigenvalue weighted by molar-refractivity contribution is -0.385. The van der Waals surface area contributed by atoms with Crippen LogP contribution in [0.5, 0.6) is 5.75 Å². The number of alkyl halides is 3. The van der Waals surface area contributed by atoms with E-state index in [-0.39, 0.29) is 36.8 Å². The van der Waals surface area contributed by atoms with Crippen molar-refractivity contribution < 1.29 is 27.6 Å². The number of nitro benzene ring substituents is 1. The maximum atomic E-state index is 13.3. The maximum Gasteiger partial charge on any atom is 0.405 e. The van der Waals surface area contributed by atoms with Crippen molar-refractivity contribution in [3.63, 3.8) is 0 Å². The van der Waals surface area contributed by atoms with E-state index in [9.17, 15) is 28.1 Å². The van der Waals surface area contributed by atoms with Gasteiger partial charge in [-0.25, -0.2) is 0 Å². The number of hydrogen-bond acceptors (Lipinski definition) is 6. The normalized spacial score (nSPS) is 16.1. The third-order valence-electron chi connectivity index (χ3n) is 4.06. The molecule has 152 valence electrons. The van der Waals surface area contributed by atoms with Gasteiger partial charge in [0.15, 0.2) is 5.75 Å². The molecule has 0 radical (unpaired) electrons. The van der Waals surface area contributed by atoms with Gasteiger partial charge in [-0.15, -0.1) is 12.4 Å². The molecule has 0 aliphatic carbocycles. The Bertz CT molecular complexity index is 669. The van der Waals surface area contributed by atoms with Gasteiger partial charge in [0.1, 0.15) is 6.04 Å². The van der Waals surface area contributed by atoms with Crippen molar-refractivity contribution in [2.75, 3.05) is 39.8 Å². The number of hydrogen-bond donors (Lipinski definition) is 2. The Morgan fingerprint density at radius 2 is 2.04 bits per heavy atom. The minimum Gasteiger partial charge on any atom is -0.490 e. The highest BCUT2D eigenvalue weighted by molar-refractivity contribution is 5.95. The van der Waals surface area contributed by atoms with Gasteiger partial charge in [-0.2, -0.15) is 13.2 Å². The highest BCUT2D eigenvalue weighted by Gasteiger charge is 2.43. The summed E-state index contributed by atoms with van der Waals surface area (Å²) in [6.07, 6.45) is -4.50. The Balaban J connectivity index is 0.00000364. The molecule has 0 saturated carbocycles. The number of rotatable bonds is 6. The van der Waals surface area contributed by atoms with Gasteiger partial charge in [0, 0.05) is 44.4 Å². The first kappa shape index (κ1) is 22.9. The second-order valence-electron chi connectivity index (χ2n) is 5.70. The molecule has 1 amide bonds. The van der Waals surface area contributed by atoms with E-state index < -0.39 is 35.3 Å². The van der Waals surface area contributed by atoms with Crippen LogP contribution in [-0.2, 0) is 0 Å². The molecule has 1 atom stereocenters. The number of nitrogens with zero attached hydrogens (tertiary/aromatic N) is 2. The lowest BCUT2D eigenvalue weighted by Gasteiger charge is -2.35. The first-order valence-electron chi connectivity index (χ1n) is 7.86. The first-order chi connectivity index (χ1) is 12.2. The van der Waals surface area contributed by atoms with Gasteiger partial charge in [-0.05, 0) is 12.1 Å². The SMILES string of the molecule is COc1ccc(C(=O)NCC(N2CCNCC2)C(F)(F)F)cc1[N+](=O)[O-].Cl. The molecule has 1 aliphatic rings. The van der Waals surface area contributed by atoms with Crippen molar-refractivity contribution in [2.24, 2.45) is 0 Å².